The number of hydrogen-bond acceptors (Lipinski definition) is 4. The number of halogens is 1. The molecule has 0 spiro atoms. The number of carbonyl (C=O) groups is 3. The van der Waals surface area contributed by atoms with Crippen molar-refractivity contribution in [2.45, 2.75) is 77.8 Å². The summed E-state index contributed by atoms with van der Waals surface area (Å²) in [5.41, 5.74) is 0.310. The summed E-state index contributed by atoms with van der Waals surface area (Å²) in [7, 11) is 0. The van der Waals surface area contributed by atoms with Crippen LogP contribution in [-0.4, -0.2) is 59.2 Å². The van der Waals surface area contributed by atoms with E-state index in [0.29, 0.717) is 44.8 Å². The number of amides is 3. The topological polar surface area (TPSA) is 93.5 Å². The lowest BCUT2D eigenvalue weighted by molar-refractivity contribution is -0.141. The SMILES string of the molecule is CC(C)[C@@H]1CC[C@@H](C)CC(=O)N2C[C@H]3C[C@@H](CN(C(=O)c4cc(F)cc(C#N)c4)C3)[C@@H]2CCCC(=O)N1. The first-order valence-corrected chi connectivity index (χ1v) is 13.7. The van der Waals surface area contributed by atoms with Gasteiger partial charge in [0, 0.05) is 50.1 Å². The summed E-state index contributed by atoms with van der Waals surface area (Å²) in [4.78, 5) is 43.3. The molecule has 0 aliphatic carbocycles. The number of hydrogen-bond donors (Lipinski definition) is 1. The van der Waals surface area contributed by atoms with Crippen LogP contribution in [0.3, 0.4) is 0 Å². The number of piperidine rings is 2. The number of carbonyl (C=O) groups excluding carboxylic acids is 3. The van der Waals surface area contributed by atoms with E-state index >= 15 is 0 Å². The van der Waals surface area contributed by atoms with Gasteiger partial charge in [-0.1, -0.05) is 20.8 Å². The Labute approximate surface area is 219 Å². The molecule has 1 aromatic carbocycles. The Balaban J connectivity index is 1.52. The van der Waals surface area contributed by atoms with E-state index in [1.807, 2.05) is 11.0 Å². The van der Waals surface area contributed by atoms with Gasteiger partial charge in [-0.25, -0.2) is 4.39 Å². The van der Waals surface area contributed by atoms with Gasteiger partial charge in [-0.05, 0) is 74.0 Å². The smallest absolute Gasteiger partial charge is 0.254 e. The summed E-state index contributed by atoms with van der Waals surface area (Å²) in [6, 6.07) is 5.76. The second kappa shape index (κ2) is 11.6. The third-order valence-corrected chi connectivity index (χ3v) is 8.40. The molecule has 3 aliphatic rings. The predicted octanol–water partition coefficient (Wildman–Crippen LogP) is 4.12. The highest BCUT2D eigenvalue weighted by atomic mass is 19.1. The lowest BCUT2D eigenvalue weighted by atomic mass is 9.77. The molecule has 1 N–H and O–H groups in total. The van der Waals surface area contributed by atoms with Gasteiger partial charge < -0.3 is 15.1 Å². The maximum Gasteiger partial charge on any atom is 0.254 e. The molecule has 5 atom stereocenters. The third kappa shape index (κ3) is 6.49. The quantitative estimate of drug-likeness (QED) is 0.648. The molecule has 3 fully saturated rings. The fourth-order valence-corrected chi connectivity index (χ4v) is 6.43. The summed E-state index contributed by atoms with van der Waals surface area (Å²) >= 11 is 0. The molecule has 2 bridgehead atoms. The molecular formula is C29H39FN4O3. The highest BCUT2D eigenvalue weighted by Crippen LogP contribution is 2.37. The summed E-state index contributed by atoms with van der Waals surface area (Å²) in [6.07, 6.45) is 5.02. The van der Waals surface area contributed by atoms with E-state index in [0.717, 1.165) is 31.7 Å². The zero-order valence-corrected chi connectivity index (χ0v) is 22.2. The van der Waals surface area contributed by atoms with Crippen LogP contribution in [0.15, 0.2) is 18.2 Å². The molecule has 3 heterocycles. The number of nitrogens with zero attached hydrogens (tertiary/aromatic N) is 3. The van der Waals surface area contributed by atoms with Gasteiger partial charge in [0.25, 0.3) is 5.91 Å². The molecule has 0 saturated carbocycles. The normalized spacial score (nSPS) is 29.4. The predicted molar refractivity (Wildman–Crippen MR) is 138 cm³/mol. The van der Waals surface area contributed by atoms with Gasteiger partial charge in [0.2, 0.25) is 11.8 Å². The molecule has 3 amide bonds. The lowest BCUT2D eigenvalue weighted by Crippen LogP contribution is -2.60. The van der Waals surface area contributed by atoms with Crippen molar-refractivity contribution in [1.82, 2.24) is 15.1 Å². The van der Waals surface area contributed by atoms with Crippen LogP contribution in [0.25, 0.3) is 0 Å². The van der Waals surface area contributed by atoms with Gasteiger partial charge in [-0.2, -0.15) is 5.26 Å². The average Bonchev–Trinajstić information content (AvgIpc) is 2.86. The maximum absolute atomic E-state index is 14.0. The second-order valence-corrected chi connectivity index (χ2v) is 11.7. The summed E-state index contributed by atoms with van der Waals surface area (Å²) in [6.45, 7) is 7.96. The first-order chi connectivity index (χ1) is 17.6. The van der Waals surface area contributed by atoms with Crippen molar-refractivity contribution >= 4 is 17.7 Å². The van der Waals surface area contributed by atoms with Crippen molar-refractivity contribution in [2.75, 3.05) is 19.6 Å². The van der Waals surface area contributed by atoms with Crippen LogP contribution in [-0.2, 0) is 9.59 Å². The van der Waals surface area contributed by atoms with E-state index < -0.39 is 5.82 Å². The fourth-order valence-electron chi connectivity index (χ4n) is 6.43. The third-order valence-electron chi connectivity index (χ3n) is 8.40. The molecule has 1 aromatic rings. The van der Waals surface area contributed by atoms with Gasteiger partial charge in [0.15, 0.2) is 0 Å². The van der Waals surface area contributed by atoms with Crippen molar-refractivity contribution in [2.24, 2.45) is 23.7 Å². The van der Waals surface area contributed by atoms with Crippen LogP contribution >= 0.6 is 0 Å². The Bertz CT molecular complexity index is 1070. The highest BCUT2D eigenvalue weighted by molar-refractivity contribution is 5.94. The Hall–Kier alpha value is -2.95. The number of likely N-dealkylation sites (tertiary alicyclic amines) is 1. The molecule has 0 radical (unpaired) electrons. The van der Waals surface area contributed by atoms with Crippen molar-refractivity contribution in [3.05, 3.63) is 35.1 Å². The Morgan fingerprint density at radius 3 is 2.65 bits per heavy atom. The van der Waals surface area contributed by atoms with Crippen LogP contribution in [0, 0.1) is 40.8 Å². The molecule has 8 heteroatoms. The van der Waals surface area contributed by atoms with Crippen molar-refractivity contribution in [1.29, 1.82) is 5.26 Å². The molecule has 0 aromatic heterocycles. The van der Waals surface area contributed by atoms with Crippen LogP contribution < -0.4 is 5.32 Å². The van der Waals surface area contributed by atoms with Crippen LogP contribution in [0.5, 0.6) is 0 Å². The standard InChI is InChI=1S/C29H39FN4O3/c1-18(2)25-8-7-19(3)9-28(36)34-16-21-11-23(26(34)5-4-6-27(35)32-25)17-33(15-21)29(37)22-10-20(14-31)12-24(30)13-22/h10,12-13,18-19,21,23,25-26H,4-9,11,15-17H2,1-3H3,(H,32,35)/t19-,21+,23+,25+,26+/m1/s1. The number of benzene rings is 1. The van der Waals surface area contributed by atoms with Crippen molar-refractivity contribution in [3.8, 4) is 6.07 Å². The average molecular weight is 511 g/mol. The summed E-state index contributed by atoms with van der Waals surface area (Å²) in [5, 5.41) is 12.4. The fraction of sp³-hybridized carbons (Fsp3) is 0.655. The molecule has 3 aliphatic heterocycles. The van der Waals surface area contributed by atoms with Gasteiger partial charge >= 0.3 is 0 Å². The number of fused-ring (bicyclic) bond motifs is 4. The minimum absolute atomic E-state index is 0.0248. The van der Waals surface area contributed by atoms with Crippen molar-refractivity contribution < 1.29 is 18.8 Å². The van der Waals surface area contributed by atoms with E-state index in [-0.39, 0.29) is 58.7 Å². The Kier molecular flexibility index (Phi) is 8.51. The van der Waals surface area contributed by atoms with Crippen LogP contribution in [0.4, 0.5) is 4.39 Å². The van der Waals surface area contributed by atoms with E-state index in [9.17, 15) is 24.0 Å². The Morgan fingerprint density at radius 1 is 1.14 bits per heavy atom. The zero-order valence-electron chi connectivity index (χ0n) is 22.2. The highest BCUT2D eigenvalue weighted by Gasteiger charge is 2.43. The number of nitriles is 1. The van der Waals surface area contributed by atoms with Crippen LogP contribution in [0.1, 0.15) is 81.6 Å². The minimum atomic E-state index is -0.598. The molecule has 4 rings (SSSR count). The van der Waals surface area contributed by atoms with Gasteiger partial charge in [-0.3, -0.25) is 14.4 Å². The summed E-state index contributed by atoms with van der Waals surface area (Å²) in [5.74, 6) is 0.208. The van der Waals surface area contributed by atoms with Gasteiger partial charge in [0.05, 0.1) is 11.6 Å². The van der Waals surface area contributed by atoms with E-state index in [4.69, 9.17) is 0 Å². The van der Waals surface area contributed by atoms with E-state index in [1.165, 1.54) is 12.1 Å². The monoisotopic (exact) mass is 510 g/mol. The zero-order chi connectivity index (χ0) is 26.7. The van der Waals surface area contributed by atoms with Crippen LogP contribution in [0.2, 0.25) is 0 Å². The second-order valence-electron chi connectivity index (χ2n) is 11.7. The van der Waals surface area contributed by atoms with Gasteiger partial charge in [-0.15, -0.1) is 0 Å². The summed E-state index contributed by atoms with van der Waals surface area (Å²) < 4.78 is 14.0. The first-order valence-electron chi connectivity index (χ1n) is 13.7. The van der Waals surface area contributed by atoms with E-state index in [1.54, 1.807) is 4.90 Å². The van der Waals surface area contributed by atoms with Gasteiger partial charge in [0.1, 0.15) is 5.82 Å². The van der Waals surface area contributed by atoms with Crippen molar-refractivity contribution in [3.63, 3.8) is 0 Å². The molecule has 7 nitrogen and oxygen atoms in total. The maximum atomic E-state index is 14.0. The number of nitrogens with one attached hydrogen (secondary N) is 1. The molecule has 37 heavy (non-hydrogen) atoms. The Morgan fingerprint density at radius 2 is 1.92 bits per heavy atom. The lowest BCUT2D eigenvalue weighted by Gasteiger charge is -2.51. The minimum Gasteiger partial charge on any atom is -0.353 e. The molecule has 0 unspecified atom stereocenters. The molecule has 3 saturated heterocycles. The molecular weight excluding hydrogens is 471 g/mol. The number of rotatable bonds is 2. The van der Waals surface area contributed by atoms with E-state index in [2.05, 4.69) is 26.1 Å². The molecule has 200 valence electrons. The largest absolute Gasteiger partial charge is 0.353 e. The first kappa shape index (κ1) is 27.1.